The fraction of sp³-hybridized carbons (Fsp3) is 0.231. The van der Waals surface area contributed by atoms with E-state index >= 15 is 0 Å². The molecule has 100 valence electrons. The van der Waals surface area contributed by atoms with Gasteiger partial charge in [0.15, 0.2) is 5.16 Å². The highest BCUT2D eigenvalue weighted by atomic mass is 32.2. The van der Waals surface area contributed by atoms with E-state index in [0.717, 1.165) is 10.1 Å². The molecule has 19 heavy (non-hydrogen) atoms. The molecule has 1 aromatic heterocycles. The molecule has 0 radical (unpaired) electrons. The Bertz CT molecular complexity index is 595. The predicted molar refractivity (Wildman–Crippen MR) is 74.1 cm³/mol. The molecule has 5 nitrogen and oxygen atoms in total. The van der Waals surface area contributed by atoms with E-state index in [1.54, 1.807) is 25.3 Å². The lowest BCUT2D eigenvalue weighted by molar-refractivity contribution is 0.0527. The highest BCUT2D eigenvalue weighted by Gasteiger charge is 2.15. The maximum absolute atomic E-state index is 11.8. The van der Waals surface area contributed by atoms with E-state index in [-0.39, 0.29) is 0 Å². The summed E-state index contributed by atoms with van der Waals surface area (Å²) in [5.41, 5.74) is 6.84. The quantitative estimate of drug-likeness (QED) is 0.686. The summed E-state index contributed by atoms with van der Waals surface area (Å²) >= 11 is 1.42. The minimum Gasteiger partial charge on any atom is -0.462 e. The lowest BCUT2D eigenvalue weighted by atomic mass is 10.2. The molecule has 0 saturated carbocycles. The third-order valence-corrected chi connectivity index (χ3v) is 3.69. The van der Waals surface area contributed by atoms with Gasteiger partial charge in [-0.3, -0.25) is 0 Å². The van der Waals surface area contributed by atoms with E-state index in [1.165, 1.54) is 11.8 Å². The average Bonchev–Trinajstić information content (AvgIpc) is 2.78. The van der Waals surface area contributed by atoms with Gasteiger partial charge >= 0.3 is 5.97 Å². The van der Waals surface area contributed by atoms with Crippen LogP contribution in [0, 0.1) is 0 Å². The van der Waals surface area contributed by atoms with Crippen molar-refractivity contribution < 1.29 is 9.53 Å². The van der Waals surface area contributed by atoms with Gasteiger partial charge in [0.2, 0.25) is 0 Å². The Morgan fingerprint density at radius 3 is 2.95 bits per heavy atom. The topological polar surface area (TPSA) is 70.1 Å². The summed E-state index contributed by atoms with van der Waals surface area (Å²) in [6.07, 6.45) is 3.57. The number of benzene rings is 1. The smallest absolute Gasteiger partial charge is 0.340 e. The van der Waals surface area contributed by atoms with Crippen LogP contribution in [0.5, 0.6) is 0 Å². The number of hydrogen-bond donors (Lipinski definition) is 1. The van der Waals surface area contributed by atoms with Crippen LogP contribution >= 0.6 is 11.8 Å². The molecule has 0 bridgehead atoms. The zero-order valence-corrected chi connectivity index (χ0v) is 11.6. The van der Waals surface area contributed by atoms with E-state index < -0.39 is 5.97 Å². The minimum atomic E-state index is -0.401. The van der Waals surface area contributed by atoms with E-state index in [1.807, 2.05) is 23.9 Å². The highest BCUT2D eigenvalue weighted by Crippen LogP contribution is 2.32. The number of aromatic nitrogens is 2. The van der Waals surface area contributed by atoms with Gasteiger partial charge in [0.1, 0.15) is 0 Å². The Labute approximate surface area is 115 Å². The van der Waals surface area contributed by atoms with Crippen LogP contribution in [0.2, 0.25) is 0 Å². The Hall–Kier alpha value is -1.95. The van der Waals surface area contributed by atoms with Crippen LogP contribution in [0.3, 0.4) is 0 Å². The number of aryl methyl sites for hydroxylation is 1. The van der Waals surface area contributed by atoms with Gasteiger partial charge in [-0.25, -0.2) is 9.78 Å². The van der Waals surface area contributed by atoms with E-state index in [2.05, 4.69) is 4.98 Å². The minimum absolute atomic E-state index is 0.328. The van der Waals surface area contributed by atoms with Gasteiger partial charge in [0.05, 0.1) is 17.9 Å². The van der Waals surface area contributed by atoms with Crippen molar-refractivity contribution in [1.82, 2.24) is 9.55 Å². The van der Waals surface area contributed by atoms with Crippen molar-refractivity contribution >= 4 is 23.4 Å². The normalized spacial score (nSPS) is 10.4. The Kier molecular flexibility index (Phi) is 4.11. The zero-order valence-electron chi connectivity index (χ0n) is 10.8. The Morgan fingerprint density at radius 2 is 2.32 bits per heavy atom. The molecule has 1 aromatic carbocycles. The maximum Gasteiger partial charge on any atom is 0.340 e. The second-order valence-electron chi connectivity index (χ2n) is 3.86. The first-order valence-electron chi connectivity index (χ1n) is 5.84. The number of esters is 1. The summed E-state index contributed by atoms with van der Waals surface area (Å²) in [6.45, 7) is 2.09. The molecule has 0 aliphatic heterocycles. The van der Waals surface area contributed by atoms with Gasteiger partial charge in [-0.1, -0.05) is 6.07 Å². The molecule has 0 unspecified atom stereocenters. The second-order valence-corrected chi connectivity index (χ2v) is 4.87. The fourth-order valence-electron chi connectivity index (χ4n) is 1.57. The van der Waals surface area contributed by atoms with Crippen molar-refractivity contribution in [3.05, 3.63) is 36.2 Å². The second kappa shape index (κ2) is 5.79. The van der Waals surface area contributed by atoms with Crippen LogP contribution in [0.15, 0.2) is 40.6 Å². The van der Waals surface area contributed by atoms with Crippen molar-refractivity contribution in [2.75, 3.05) is 12.3 Å². The molecule has 6 heteroatoms. The number of nitrogens with two attached hydrogens (primary N) is 1. The van der Waals surface area contributed by atoms with Crippen LogP contribution in [-0.4, -0.2) is 22.1 Å². The molecule has 1 heterocycles. The molecule has 2 N–H and O–H groups in total. The van der Waals surface area contributed by atoms with Crippen LogP contribution in [-0.2, 0) is 11.8 Å². The first-order valence-corrected chi connectivity index (χ1v) is 6.66. The van der Waals surface area contributed by atoms with Crippen LogP contribution in [0.1, 0.15) is 17.3 Å². The third kappa shape index (κ3) is 2.90. The van der Waals surface area contributed by atoms with Gasteiger partial charge in [0, 0.05) is 24.3 Å². The van der Waals surface area contributed by atoms with Gasteiger partial charge in [-0.15, -0.1) is 0 Å². The van der Waals surface area contributed by atoms with Crippen molar-refractivity contribution in [2.45, 2.75) is 17.0 Å². The van der Waals surface area contributed by atoms with Crippen molar-refractivity contribution in [3.63, 3.8) is 0 Å². The number of hydrogen-bond acceptors (Lipinski definition) is 5. The van der Waals surface area contributed by atoms with E-state index in [4.69, 9.17) is 10.5 Å². The number of rotatable bonds is 4. The first kappa shape index (κ1) is 13.5. The standard InChI is InChI=1S/C13H15N3O2S/c1-3-18-12(17)9-5-4-6-10(11(9)14)19-13-15-7-8-16(13)2/h4-8H,3,14H2,1-2H3. The van der Waals surface area contributed by atoms with Gasteiger partial charge < -0.3 is 15.0 Å². The number of carbonyl (C=O) groups excluding carboxylic acids is 1. The molecule has 0 amide bonds. The van der Waals surface area contributed by atoms with Crippen molar-refractivity contribution in [2.24, 2.45) is 7.05 Å². The monoisotopic (exact) mass is 277 g/mol. The number of nitrogen functional groups attached to an aromatic ring is 1. The molecule has 0 spiro atoms. The molecule has 2 aromatic rings. The molecular weight excluding hydrogens is 262 g/mol. The van der Waals surface area contributed by atoms with Crippen LogP contribution in [0.25, 0.3) is 0 Å². The fourth-order valence-corrected chi connectivity index (χ4v) is 2.45. The zero-order chi connectivity index (χ0) is 13.8. The van der Waals surface area contributed by atoms with Crippen LogP contribution in [0.4, 0.5) is 5.69 Å². The summed E-state index contributed by atoms with van der Waals surface area (Å²) in [5, 5.41) is 0.813. The lowest BCUT2D eigenvalue weighted by Gasteiger charge is -2.09. The highest BCUT2D eigenvalue weighted by molar-refractivity contribution is 7.99. The van der Waals surface area contributed by atoms with Crippen molar-refractivity contribution in [1.29, 1.82) is 0 Å². The van der Waals surface area contributed by atoms with Crippen molar-refractivity contribution in [3.8, 4) is 0 Å². The predicted octanol–water partition coefficient (Wildman–Crippen LogP) is 2.33. The summed E-state index contributed by atoms with van der Waals surface area (Å²) in [6, 6.07) is 5.31. The average molecular weight is 277 g/mol. The van der Waals surface area contributed by atoms with Gasteiger partial charge in [0.25, 0.3) is 0 Å². The SMILES string of the molecule is CCOC(=O)c1cccc(Sc2nccn2C)c1N. The summed E-state index contributed by atoms with van der Waals surface area (Å²) in [4.78, 5) is 16.8. The Morgan fingerprint density at radius 1 is 1.53 bits per heavy atom. The molecule has 0 saturated heterocycles. The van der Waals surface area contributed by atoms with E-state index in [0.29, 0.717) is 17.9 Å². The van der Waals surface area contributed by atoms with Gasteiger partial charge in [-0.05, 0) is 30.8 Å². The van der Waals surface area contributed by atoms with Crippen LogP contribution < -0.4 is 5.73 Å². The summed E-state index contributed by atoms with van der Waals surface area (Å²) in [5.74, 6) is -0.401. The number of carbonyl (C=O) groups is 1. The lowest BCUT2D eigenvalue weighted by Crippen LogP contribution is -2.08. The third-order valence-electron chi connectivity index (χ3n) is 2.54. The Balaban J connectivity index is 2.30. The number of nitrogens with zero attached hydrogens (tertiary/aromatic N) is 2. The number of anilines is 1. The van der Waals surface area contributed by atoms with Gasteiger partial charge in [-0.2, -0.15) is 0 Å². The largest absolute Gasteiger partial charge is 0.462 e. The molecule has 2 rings (SSSR count). The number of para-hydroxylation sites is 1. The molecule has 0 aliphatic rings. The number of ether oxygens (including phenoxy) is 1. The molecule has 0 fully saturated rings. The first-order chi connectivity index (χ1) is 9.13. The summed E-state index contributed by atoms with van der Waals surface area (Å²) < 4.78 is 6.86. The number of imidazole rings is 1. The maximum atomic E-state index is 11.8. The summed E-state index contributed by atoms with van der Waals surface area (Å²) in [7, 11) is 1.90. The molecule has 0 atom stereocenters. The van der Waals surface area contributed by atoms with E-state index in [9.17, 15) is 4.79 Å². The molecular formula is C13H15N3O2S. The molecule has 0 aliphatic carbocycles.